The molecule has 5 nitrogen and oxygen atoms in total. The van der Waals surface area contributed by atoms with Gasteiger partial charge in [-0.25, -0.2) is 0 Å². The van der Waals surface area contributed by atoms with E-state index in [1.807, 2.05) is 24.6 Å². The molecule has 0 unspecified atom stereocenters. The van der Waals surface area contributed by atoms with Crippen LogP contribution >= 0.6 is 0 Å². The first-order valence-electron chi connectivity index (χ1n) is 8.41. The van der Waals surface area contributed by atoms with Crippen LogP contribution in [0.1, 0.15) is 28.9 Å². The van der Waals surface area contributed by atoms with Gasteiger partial charge in [0, 0.05) is 32.4 Å². The molecule has 1 aromatic carbocycles. The van der Waals surface area contributed by atoms with Crippen molar-refractivity contribution in [1.29, 1.82) is 0 Å². The lowest BCUT2D eigenvalue weighted by Gasteiger charge is -2.13. The Morgan fingerprint density at radius 3 is 2.58 bits per heavy atom. The normalized spacial score (nSPS) is 12.3. The lowest BCUT2D eigenvalue weighted by atomic mass is 10.1. The van der Waals surface area contributed by atoms with Gasteiger partial charge in [-0.15, -0.1) is 0 Å². The number of aliphatic imine (C=N–C) groups is 1. The fraction of sp³-hybridized carbons (Fsp3) is 0.444. The number of nitrogens with one attached hydrogen (secondary N) is 2. The molecule has 0 fully saturated rings. The number of rotatable bonds is 6. The number of hydrogen-bond acceptors (Lipinski definition) is 2. The van der Waals surface area contributed by atoms with Crippen LogP contribution in [0.4, 0.5) is 13.2 Å². The van der Waals surface area contributed by atoms with E-state index in [1.54, 1.807) is 13.1 Å². The third-order valence-corrected chi connectivity index (χ3v) is 3.88. The quantitative estimate of drug-likeness (QED) is 0.468. The molecule has 0 amide bonds. The number of benzene rings is 1. The van der Waals surface area contributed by atoms with Crippen LogP contribution in [0.25, 0.3) is 0 Å². The Kier molecular flexibility index (Phi) is 6.65. The molecule has 142 valence electrons. The number of guanidine groups is 1. The van der Waals surface area contributed by atoms with Gasteiger partial charge in [-0.2, -0.15) is 18.3 Å². The second kappa shape index (κ2) is 8.73. The summed E-state index contributed by atoms with van der Waals surface area (Å²) in [6.07, 6.45) is -3.48. The fourth-order valence-electron chi connectivity index (χ4n) is 2.60. The lowest BCUT2D eigenvalue weighted by Crippen LogP contribution is -2.37. The summed E-state index contributed by atoms with van der Waals surface area (Å²) in [6.45, 7) is 5.71. The SMILES string of the molecule is CN=C(NCCCn1nc(C)cc1C)NCc1cccc(C(F)(F)F)c1. The molecule has 0 radical (unpaired) electrons. The summed E-state index contributed by atoms with van der Waals surface area (Å²) < 4.78 is 40.2. The van der Waals surface area contributed by atoms with E-state index in [9.17, 15) is 13.2 Å². The molecule has 0 bridgehead atoms. The highest BCUT2D eigenvalue weighted by atomic mass is 19.4. The van der Waals surface area contributed by atoms with Crippen molar-refractivity contribution >= 4 is 5.96 Å². The molecule has 26 heavy (non-hydrogen) atoms. The van der Waals surface area contributed by atoms with Crippen molar-refractivity contribution in [2.24, 2.45) is 4.99 Å². The van der Waals surface area contributed by atoms with Crippen LogP contribution in [0.3, 0.4) is 0 Å². The van der Waals surface area contributed by atoms with E-state index in [1.165, 1.54) is 6.07 Å². The molecular formula is C18H24F3N5. The first-order chi connectivity index (χ1) is 12.3. The Morgan fingerprint density at radius 2 is 1.96 bits per heavy atom. The zero-order valence-corrected chi connectivity index (χ0v) is 15.2. The van der Waals surface area contributed by atoms with Crippen molar-refractivity contribution in [3.8, 4) is 0 Å². The zero-order chi connectivity index (χ0) is 19.2. The summed E-state index contributed by atoms with van der Waals surface area (Å²) in [5, 5.41) is 10.6. The van der Waals surface area contributed by atoms with Crippen LogP contribution in [0.5, 0.6) is 0 Å². The van der Waals surface area contributed by atoms with E-state index >= 15 is 0 Å². The van der Waals surface area contributed by atoms with Gasteiger partial charge in [0.1, 0.15) is 0 Å². The maximum absolute atomic E-state index is 12.7. The summed E-state index contributed by atoms with van der Waals surface area (Å²) in [5.74, 6) is 0.552. The minimum absolute atomic E-state index is 0.265. The molecule has 2 aromatic rings. The van der Waals surface area contributed by atoms with Gasteiger partial charge in [0.15, 0.2) is 5.96 Å². The zero-order valence-electron chi connectivity index (χ0n) is 15.2. The number of hydrogen-bond donors (Lipinski definition) is 2. The van der Waals surface area contributed by atoms with Crippen molar-refractivity contribution in [3.05, 3.63) is 52.8 Å². The monoisotopic (exact) mass is 367 g/mol. The third-order valence-electron chi connectivity index (χ3n) is 3.88. The van der Waals surface area contributed by atoms with Crippen LogP contribution in [0.2, 0.25) is 0 Å². The number of alkyl halides is 3. The Hall–Kier alpha value is -2.51. The second-order valence-corrected chi connectivity index (χ2v) is 6.05. The molecule has 2 N–H and O–H groups in total. The minimum Gasteiger partial charge on any atom is -0.356 e. The lowest BCUT2D eigenvalue weighted by molar-refractivity contribution is -0.137. The first-order valence-corrected chi connectivity index (χ1v) is 8.41. The van der Waals surface area contributed by atoms with Crippen LogP contribution in [-0.2, 0) is 19.3 Å². The summed E-state index contributed by atoms with van der Waals surface area (Å²) >= 11 is 0. The molecule has 1 aromatic heterocycles. The maximum atomic E-state index is 12.7. The summed E-state index contributed by atoms with van der Waals surface area (Å²) in [4.78, 5) is 4.09. The maximum Gasteiger partial charge on any atom is 0.416 e. The average molecular weight is 367 g/mol. The number of aryl methyl sites for hydroxylation is 3. The van der Waals surface area contributed by atoms with Gasteiger partial charge >= 0.3 is 6.18 Å². The van der Waals surface area contributed by atoms with E-state index in [0.29, 0.717) is 18.1 Å². The van der Waals surface area contributed by atoms with Crippen molar-refractivity contribution < 1.29 is 13.2 Å². The Morgan fingerprint density at radius 1 is 1.19 bits per heavy atom. The predicted molar refractivity (Wildman–Crippen MR) is 96.0 cm³/mol. The van der Waals surface area contributed by atoms with E-state index in [-0.39, 0.29) is 6.54 Å². The van der Waals surface area contributed by atoms with Crippen LogP contribution < -0.4 is 10.6 Å². The molecule has 0 aliphatic heterocycles. The topological polar surface area (TPSA) is 54.2 Å². The minimum atomic E-state index is -4.33. The van der Waals surface area contributed by atoms with E-state index in [0.717, 1.165) is 36.5 Å². The Bertz CT molecular complexity index is 750. The fourth-order valence-corrected chi connectivity index (χ4v) is 2.60. The van der Waals surface area contributed by atoms with E-state index in [4.69, 9.17) is 0 Å². The standard InChI is InChI=1S/C18H24F3N5/c1-13-10-14(2)26(25-13)9-5-8-23-17(22-3)24-12-15-6-4-7-16(11-15)18(19,20)21/h4,6-7,10-11H,5,8-9,12H2,1-3H3,(H2,22,23,24). The predicted octanol–water partition coefficient (Wildman–Crippen LogP) is 3.27. The van der Waals surface area contributed by atoms with Gasteiger partial charge in [-0.05, 0) is 44.0 Å². The van der Waals surface area contributed by atoms with Gasteiger partial charge in [-0.3, -0.25) is 9.67 Å². The molecule has 8 heteroatoms. The van der Waals surface area contributed by atoms with Crippen LogP contribution in [-0.4, -0.2) is 29.3 Å². The molecule has 2 rings (SSSR count). The molecule has 0 atom stereocenters. The Balaban J connectivity index is 1.78. The highest BCUT2D eigenvalue weighted by Crippen LogP contribution is 2.29. The van der Waals surface area contributed by atoms with Gasteiger partial charge in [0.05, 0.1) is 11.3 Å². The molecule has 0 saturated carbocycles. The second-order valence-electron chi connectivity index (χ2n) is 6.05. The number of aromatic nitrogens is 2. The van der Waals surface area contributed by atoms with Gasteiger partial charge in [0.25, 0.3) is 0 Å². The van der Waals surface area contributed by atoms with Gasteiger partial charge < -0.3 is 10.6 Å². The molecule has 0 spiro atoms. The molecule has 1 heterocycles. The largest absolute Gasteiger partial charge is 0.416 e. The van der Waals surface area contributed by atoms with Crippen molar-refractivity contribution in [2.45, 2.75) is 39.5 Å². The highest BCUT2D eigenvalue weighted by molar-refractivity contribution is 5.79. The highest BCUT2D eigenvalue weighted by Gasteiger charge is 2.30. The summed E-state index contributed by atoms with van der Waals surface area (Å²) in [6, 6.07) is 7.30. The number of halogens is 3. The average Bonchev–Trinajstić information content (AvgIpc) is 2.91. The van der Waals surface area contributed by atoms with Crippen LogP contribution in [0.15, 0.2) is 35.3 Å². The third kappa shape index (κ3) is 5.79. The van der Waals surface area contributed by atoms with Gasteiger partial charge in [0.2, 0.25) is 0 Å². The number of nitrogens with zero attached hydrogens (tertiary/aromatic N) is 3. The first kappa shape index (κ1) is 19.8. The summed E-state index contributed by atoms with van der Waals surface area (Å²) in [7, 11) is 1.63. The van der Waals surface area contributed by atoms with Crippen molar-refractivity contribution in [3.63, 3.8) is 0 Å². The molecule has 0 aliphatic rings. The molecule has 0 aliphatic carbocycles. The van der Waals surface area contributed by atoms with Gasteiger partial charge in [-0.1, -0.05) is 12.1 Å². The van der Waals surface area contributed by atoms with E-state index in [2.05, 4.69) is 20.7 Å². The smallest absolute Gasteiger partial charge is 0.356 e. The van der Waals surface area contributed by atoms with Crippen LogP contribution in [0, 0.1) is 13.8 Å². The summed E-state index contributed by atoms with van der Waals surface area (Å²) in [5.41, 5.74) is 2.01. The van der Waals surface area contributed by atoms with E-state index < -0.39 is 11.7 Å². The van der Waals surface area contributed by atoms with Crippen molar-refractivity contribution in [1.82, 2.24) is 20.4 Å². The molecule has 0 saturated heterocycles. The van der Waals surface area contributed by atoms with Crippen molar-refractivity contribution in [2.75, 3.05) is 13.6 Å². The Labute approximate surface area is 151 Å². The molecular weight excluding hydrogens is 343 g/mol.